The molecule has 2 amide bonds. The van der Waals surface area contributed by atoms with E-state index in [1.54, 1.807) is 18.2 Å². The molecule has 1 aromatic carbocycles. The first-order valence-corrected chi connectivity index (χ1v) is 5.45. The minimum absolute atomic E-state index is 0.0166. The summed E-state index contributed by atoms with van der Waals surface area (Å²) in [4.78, 5) is 21.8. The smallest absolute Gasteiger partial charge is 0.254 e. The Morgan fingerprint density at radius 1 is 1.41 bits per heavy atom. The number of amides is 2. The van der Waals surface area contributed by atoms with E-state index in [4.69, 9.17) is 28.4 Å². The molecule has 0 bridgehead atoms. The fourth-order valence-electron chi connectivity index (χ4n) is 1.14. The fourth-order valence-corrected chi connectivity index (χ4v) is 1.71. The van der Waals surface area contributed by atoms with Gasteiger partial charge in [-0.15, -0.1) is 0 Å². The summed E-state index contributed by atoms with van der Waals surface area (Å²) in [7, 11) is 0. The van der Waals surface area contributed by atoms with E-state index in [1.165, 1.54) is 0 Å². The molecule has 0 saturated heterocycles. The number of nitrogens with one attached hydrogen (secondary N) is 1. The van der Waals surface area contributed by atoms with E-state index in [0.717, 1.165) is 0 Å². The van der Waals surface area contributed by atoms with Gasteiger partial charge in [-0.1, -0.05) is 29.3 Å². The van der Waals surface area contributed by atoms with Gasteiger partial charge in [-0.2, -0.15) is 0 Å². The van der Waals surface area contributed by atoms with Gasteiger partial charge in [0, 0.05) is 6.54 Å². The Morgan fingerprint density at radius 2 is 2.00 bits per heavy atom. The minimum atomic E-state index is -0.458. The molecule has 5 nitrogen and oxygen atoms in total. The van der Waals surface area contributed by atoms with Crippen LogP contribution in [0.2, 0.25) is 10.0 Å². The van der Waals surface area contributed by atoms with Gasteiger partial charge in [0.1, 0.15) is 0 Å². The Morgan fingerprint density at radius 3 is 2.53 bits per heavy atom. The number of rotatable bonds is 5. The lowest BCUT2D eigenvalue weighted by Gasteiger charge is -2.10. The van der Waals surface area contributed by atoms with Crippen LogP contribution in [-0.4, -0.2) is 35.7 Å². The molecule has 0 aliphatic heterocycles. The standard InChI is InChI=1S/C10H10Cl2N2O3/c11-7-2-1-3-8(12)9(7)10(16)13-4-5-14(17)6-15/h1-3,6,17H,4-5H2,(H,13,16). The second-order valence-electron chi connectivity index (χ2n) is 3.12. The Bertz CT molecular complexity index is 406. The molecule has 1 rings (SSSR count). The van der Waals surface area contributed by atoms with E-state index in [0.29, 0.717) is 5.06 Å². The Balaban J connectivity index is 2.61. The van der Waals surface area contributed by atoms with Crippen molar-refractivity contribution in [2.24, 2.45) is 0 Å². The van der Waals surface area contributed by atoms with E-state index in [9.17, 15) is 9.59 Å². The van der Waals surface area contributed by atoms with Gasteiger partial charge in [-0.05, 0) is 12.1 Å². The Kier molecular flexibility index (Phi) is 5.21. The molecule has 7 heteroatoms. The van der Waals surface area contributed by atoms with Gasteiger partial charge in [0.2, 0.25) is 6.41 Å². The molecule has 0 fully saturated rings. The van der Waals surface area contributed by atoms with Crippen LogP contribution in [0.25, 0.3) is 0 Å². The number of nitrogens with zero attached hydrogens (tertiary/aromatic N) is 1. The molecule has 0 spiro atoms. The van der Waals surface area contributed by atoms with Crippen LogP contribution < -0.4 is 5.32 Å². The predicted octanol–water partition coefficient (Wildman–Crippen LogP) is 1.57. The summed E-state index contributed by atoms with van der Waals surface area (Å²) in [6, 6.07) is 4.72. The number of hydrogen-bond donors (Lipinski definition) is 2. The number of benzene rings is 1. The van der Waals surface area contributed by atoms with Crippen molar-refractivity contribution in [3.05, 3.63) is 33.8 Å². The largest absolute Gasteiger partial charge is 0.350 e. The summed E-state index contributed by atoms with van der Waals surface area (Å²) in [6.07, 6.45) is 0.245. The maximum atomic E-state index is 11.7. The van der Waals surface area contributed by atoms with E-state index in [-0.39, 0.29) is 35.1 Å². The maximum absolute atomic E-state index is 11.7. The average molecular weight is 277 g/mol. The first-order valence-electron chi connectivity index (χ1n) is 4.69. The fraction of sp³-hybridized carbons (Fsp3) is 0.200. The average Bonchev–Trinajstić information content (AvgIpc) is 2.28. The molecular formula is C10H10Cl2N2O3. The molecule has 0 radical (unpaired) electrons. The lowest BCUT2D eigenvalue weighted by atomic mass is 10.2. The molecule has 17 heavy (non-hydrogen) atoms. The predicted molar refractivity (Wildman–Crippen MR) is 63.4 cm³/mol. The number of halogens is 2. The highest BCUT2D eigenvalue weighted by atomic mass is 35.5. The highest BCUT2D eigenvalue weighted by Crippen LogP contribution is 2.23. The van der Waals surface area contributed by atoms with Gasteiger partial charge in [0.15, 0.2) is 0 Å². The first kappa shape index (κ1) is 13.8. The third kappa shape index (κ3) is 3.89. The van der Waals surface area contributed by atoms with Crippen molar-refractivity contribution < 1.29 is 14.8 Å². The molecule has 0 aliphatic rings. The quantitative estimate of drug-likeness (QED) is 0.487. The van der Waals surface area contributed by atoms with Crippen LogP contribution in [0, 0.1) is 0 Å². The second kappa shape index (κ2) is 6.44. The lowest BCUT2D eigenvalue weighted by Crippen LogP contribution is -2.32. The van der Waals surface area contributed by atoms with Crippen LogP contribution >= 0.6 is 23.2 Å². The molecule has 0 atom stereocenters. The van der Waals surface area contributed by atoms with Crippen LogP contribution in [-0.2, 0) is 4.79 Å². The minimum Gasteiger partial charge on any atom is -0.350 e. The second-order valence-corrected chi connectivity index (χ2v) is 3.94. The summed E-state index contributed by atoms with van der Waals surface area (Å²) in [5.74, 6) is -0.458. The van der Waals surface area contributed by atoms with Gasteiger partial charge in [0.25, 0.3) is 5.91 Å². The van der Waals surface area contributed by atoms with Crippen molar-refractivity contribution in [1.29, 1.82) is 0 Å². The highest BCUT2D eigenvalue weighted by molar-refractivity contribution is 6.39. The zero-order valence-electron chi connectivity index (χ0n) is 8.69. The summed E-state index contributed by atoms with van der Waals surface area (Å²) in [5.41, 5.74) is 0.173. The zero-order valence-corrected chi connectivity index (χ0v) is 10.2. The van der Waals surface area contributed by atoms with Gasteiger partial charge in [-0.25, -0.2) is 5.06 Å². The number of carbonyl (C=O) groups excluding carboxylic acids is 2. The number of hydrogen-bond acceptors (Lipinski definition) is 3. The molecule has 0 saturated carbocycles. The molecule has 0 aliphatic carbocycles. The van der Waals surface area contributed by atoms with E-state index in [1.807, 2.05) is 0 Å². The van der Waals surface area contributed by atoms with Crippen molar-refractivity contribution in [1.82, 2.24) is 10.4 Å². The van der Waals surface area contributed by atoms with Gasteiger partial charge < -0.3 is 5.32 Å². The van der Waals surface area contributed by atoms with Gasteiger partial charge in [0.05, 0.1) is 22.2 Å². The number of hydroxylamine groups is 2. The van der Waals surface area contributed by atoms with Crippen molar-refractivity contribution in [3.63, 3.8) is 0 Å². The van der Waals surface area contributed by atoms with Crippen molar-refractivity contribution in [2.75, 3.05) is 13.1 Å². The van der Waals surface area contributed by atoms with Crippen LogP contribution in [0.15, 0.2) is 18.2 Å². The summed E-state index contributed by atoms with van der Waals surface area (Å²) < 4.78 is 0. The molecular weight excluding hydrogens is 267 g/mol. The summed E-state index contributed by atoms with van der Waals surface area (Å²) in [6.45, 7) is 0.0763. The Hall–Kier alpha value is -1.30. The third-order valence-corrected chi connectivity index (χ3v) is 2.57. The molecule has 92 valence electrons. The van der Waals surface area contributed by atoms with Crippen LogP contribution in [0.1, 0.15) is 10.4 Å². The molecule has 0 unspecified atom stereocenters. The summed E-state index contributed by atoms with van der Waals surface area (Å²) >= 11 is 11.7. The first-order chi connectivity index (χ1) is 8.06. The van der Waals surface area contributed by atoms with Crippen LogP contribution in [0.3, 0.4) is 0 Å². The van der Waals surface area contributed by atoms with Crippen LogP contribution in [0.5, 0.6) is 0 Å². The maximum Gasteiger partial charge on any atom is 0.254 e. The Labute approximate surface area is 108 Å². The zero-order chi connectivity index (χ0) is 12.8. The lowest BCUT2D eigenvalue weighted by molar-refractivity contribution is -0.149. The van der Waals surface area contributed by atoms with Crippen molar-refractivity contribution in [2.45, 2.75) is 0 Å². The van der Waals surface area contributed by atoms with Gasteiger partial charge >= 0.3 is 0 Å². The molecule has 2 N–H and O–H groups in total. The SMILES string of the molecule is O=CN(O)CCNC(=O)c1c(Cl)cccc1Cl. The normalized spacial score (nSPS) is 9.82. The van der Waals surface area contributed by atoms with E-state index < -0.39 is 5.91 Å². The molecule has 1 aromatic rings. The monoisotopic (exact) mass is 276 g/mol. The van der Waals surface area contributed by atoms with Gasteiger partial charge in [-0.3, -0.25) is 14.8 Å². The molecule has 0 heterocycles. The topological polar surface area (TPSA) is 69.6 Å². The molecule has 0 aromatic heterocycles. The summed E-state index contributed by atoms with van der Waals surface area (Å²) in [5, 5.41) is 12.2. The van der Waals surface area contributed by atoms with Crippen LogP contribution in [0.4, 0.5) is 0 Å². The van der Waals surface area contributed by atoms with E-state index in [2.05, 4.69) is 5.32 Å². The van der Waals surface area contributed by atoms with Crippen molar-refractivity contribution in [3.8, 4) is 0 Å². The van der Waals surface area contributed by atoms with E-state index >= 15 is 0 Å². The number of carbonyl (C=O) groups is 2. The highest BCUT2D eigenvalue weighted by Gasteiger charge is 2.13. The third-order valence-electron chi connectivity index (χ3n) is 1.94. The van der Waals surface area contributed by atoms with Crippen molar-refractivity contribution >= 4 is 35.5 Å².